The Morgan fingerprint density at radius 1 is 1.00 bits per heavy atom. The molecule has 3 unspecified atom stereocenters. The van der Waals surface area contributed by atoms with E-state index in [1.165, 1.54) is 23.3 Å². The van der Waals surface area contributed by atoms with Gasteiger partial charge in [0, 0.05) is 51.4 Å². The number of amides is 1. The van der Waals surface area contributed by atoms with Crippen molar-refractivity contribution in [2.75, 3.05) is 32.7 Å². The Morgan fingerprint density at radius 2 is 1.65 bits per heavy atom. The fraction of sp³-hybridized carbons (Fsp3) is 0.618. The predicted molar refractivity (Wildman–Crippen MR) is 161 cm³/mol. The first-order valence-electron chi connectivity index (χ1n) is 15.6. The lowest BCUT2D eigenvalue weighted by molar-refractivity contribution is -0.274. The highest BCUT2D eigenvalue weighted by Gasteiger charge is 2.61. The number of hydrogen-bond acceptors (Lipinski definition) is 4. The van der Waals surface area contributed by atoms with Crippen LogP contribution >= 0.6 is 0 Å². The van der Waals surface area contributed by atoms with Gasteiger partial charge in [-0.15, -0.1) is 13.2 Å². The molecule has 1 saturated carbocycles. The van der Waals surface area contributed by atoms with E-state index in [2.05, 4.69) is 73.4 Å². The fourth-order valence-corrected chi connectivity index (χ4v) is 8.44. The van der Waals surface area contributed by atoms with Gasteiger partial charge in [-0.25, -0.2) is 4.79 Å². The summed E-state index contributed by atoms with van der Waals surface area (Å²) in [7, 11) is 0. The molecule has 1 N–H and O–H groups in total. The summed E-state index contributed by atoms with van der Waals surface area (Å²) in [5.41, 5.74) is 3.90. The molecule has 0 aromatic heterocycles. The van der Waals surface area contributed by atoms with Gasteiger partial charge in [0.05, 0.1) is 0 Å². The number of carbonyl (C=O) groups is 1. The first-order valence-corrected chi connectivity index (χ1v) is 15.6. The summed E-state index contributed by atoms with van der Waals surface area (Å²) >= 11 is 0. The second-order valence-electron chi connectivity index (χ2n) is 14.2. The molecule has 43 heavy (non-hydrogen) atoms. The van der Waals surface area contributed by atoms with E-state index in [-0.39, 0.29) is 22.6 Å². The van der Waals surface area contributed by atoms with Crippen LogP contribution in [0.4, 0.5) is 18.0 Å². The Morgan fingerprint density at radius 3 is 2.23 bits per heavy atom. The van der Waals surface area contributed by atoms with Gasteiger partial charge in [-0.3, -0.25) is 9.80 Å². The maximum Gasteiger partial charge on any atom is 0.573 e. The van der Waals surface area contributed by atoms with Crippen LogP contribution < -0.4 is 4.74 Å². The normalized spacial score (nSPS) is 25.1. The van der Waals surface area contributed by atoms with E-state index in [1.807, 2.05) is 0 Å². The third kappa shape index (κ3) is 6.83. The number of hydrogen-bond donors (Lipinski definition) is 1. The molecule has 9 heteroatoms. The van der Waals surface area contributed by atoms with Crippen molar-refractivity contribution in [3.05, 3.63) is 65.2 Å². The van der Waals surface area contributed by atoms with Gasteiger partial charge in [0.15, 0.2) is 0 Å². The lowest BCUT2D eigenvalue weighted by Crippen LogP contribution is -2.68. The number of rotatable bonds is 6. The van der Waals surface area contributed by atoms with Gasteiger partial charge in [0.2, 0.25) is 0 Å². The monoisotopic (exact) mass is 601 g/mol. The van der Waals surface area contributed by atoms with E-state index in [4.69, 9.17) is 0 Å². The molecule has 0 bridgehead atoms. The number of likely N-dealkylation sites (tertiary alicyclic amines) is 1. The number of benzene rings is 2. The number of ether oxygens (including phenoxy) is 1. The molecular weight excluding hydrogens is 555 g/mol. The van der Waals surface area contributed by atoms with Crippen LogP contribution in [-0.4, -0.2) is 71.0 Å². The minimum Gasteiger partial charge on any atom is -0.465 e. The zero-order chi connectivity index (χ0) is 31.2. The van der Waals surface area contributed by atoms with Crippen molar-refractivity contribution in [2.45, 2.75) is 84.8 Å². The average molecular weight is 602 g/mol. The molecule has 2 aromatic carbocycles. The Balaban J connectivity index is 1.39. The SMILES string of the molecule is CC(C)c1ccccc1C1CN(Cc2ccc(OC(F)(F)F)cc2)CCN1C1CC2(CCN(C(=O)O)CC2)C1C(C)(C)C. The van der Waals surface area contributed by atoms with E-state index in [0.717, 1.165) is 44.5 Å². The Kier molecular flexibility index (Phi) is 8.80. The van der Waals surface area contributed by atoms with E-state index in [0.29, 0.717) is 37.5 Å². The number of alkyl halides is 3. The molecule has 3 atom stereocenters. The third-order valence-electron chi connectivity index (χ3n) is 10.1. The van der Waals surface area contributed by atoms with Gasteiger partial charge >= 0.3 is 12.5 Å². The maximum absolute atomic E-state index is 12.7. The van der Waals surface area contributed by atoms with Crippen molar-refractivity contribution in [1.29, 1.82) is 0 Å². The van der Waals surface area contributed by atoms with Gasteiger partial charge in [-0.2, -0.15) is 0 Å². The highest BCUT2D eigenvalue weighted by Crippen LogP contribution is 2.62. The van der Waals surface area contributed by atoms with Crippen LogP contribution in [0.3, 0.4) is 0 Å². The quantitative estimate of drug-likeness (QED) is 0.367. The van der Waals surface area contributed by atoms with E-state index in [1.54, 1.807) is 17.0 Å². The molecule has 236 valence electrons. The molecule has 3 aliphatic rings. The van der Waals surface area contributed by atoms with Crippen LogP contribution in [0.5, 0.6) is 5.75 Å². The molecule has 1 amide bonds. The van der Waals surface area contributed by atoms with Crippen molar-refractivity contribution in [1.82, 2.24) is 14.7 Å². The van der Waals surface area contributed by atoms with Crippen LogP contribution in [0.2, 0.25) is 0 Å². The lowest BCUT2D eigenvalue weighted by Gasteiger charge is -2.66. The Labute approximate surface area is 253 Å². The molecule has 2 heterocycles. The standard InChI is InChI=1S/C34H46F3N3O3/c1-23(2)26-8-6-7-9-27(26)29-22-38(21-24-10-12-25(13-11-24)43-34(35,36)37)18-19-40(29)28-20-33(30(28)32(3,4)5)14-16-39(17-15-33)31(41)42/h6-13,23,28-30H,14-22H2,1-5H3,(H,41,42). The minimum atomic E-state index is -4.70. The van der Waals surface area contributed by atoms with Crippen LogP contribution in [0.15, 0.2) is 48.5 Å². The molecule has 6 nitrogen and oxygen atoms in total. The summed E-state index contributed by atoms with van der Waals surface area (Å²) in [6.45, 7) is 16.0. The summed E-state index contributed by atoms with van der Waals surface area (Å²) in [5.74, 6) is 0.629. The molecule has 2 aromatic rings. The molecule has 2 saturated heterocycles. The highest BCUT2D eigenvalue weighted by molar-refractivity contribution is 5.65. The second-order valence-corrected chi connectivity index (χ2v) is 14.2. The van der Waals surface area contributed by atoms with Crippen LogP contribution in [-0.2, 0) is 6.54 Å². The van der Waals surface area contributed by atoms with E-state index < -0.39 is 12.5 Å². The van der Waals surface area contributed by atoms with Gasteiger partial charge < -0.3 is 14.7 Å². The maximum atomic E-state index is 12.7. The number of halogens is 3. The summed E-state index contributed by atoms with van der Waals surface area (Å²) in [6, 6.07) is 15.6. The summed E-state index contributed by atoms with van der Waals surface area (Å²) in [6.07, 6.45) is -2.60. The van der Waals surface area contributed by atoms with Gasteiger partial charge in [0.1, 0.15) is 5.75 Å². The Hall–Kier alpha value is -2.78. The zero-order valence-corrected chi connectivity index (χ0v) is 26.0. The van der Waals surface area contributed by atoms with Crippen LogP contribution in [0.1, 0.15) is 82.5 Å². The average Bonchev–Trinajstić information content (AvgIpc) is 2.91. The smallest absolute Gasteiger partial charge is 0.465 e. The zero-order valence-electron chi connectivity index (χ0n) is 26.0. The number of piperazine rings is 1. The first kappa shape index (κ1) is 31.6. The van der Waals surface area contributed by atoms with Gasteiger partial charge in [-0.1, -0.05) is 71.0 Å². The van der Waals surface area contributed by atoms with E-state index >= 15 is 0 Å². The summed E-state index contributed by atoms with van der Waals surface area (Å²) in [5, 5.41) is 9.56. The van der Waals surface area contributed by atoms with Crippen LogP contribution in [0.25, 0.3) is 0 Å². The third-order valence-corrected chi connectivity index (χ3v) is 10.1. The van der Waals surface area contributed by atoms with Crippen molar-refractivity contribution in [2.24, 2.45) is 16.7 Å². The molecule has 2 aliphatic heterocycles. The molecule has 5 rings (SSSR count). The number of nitrogens with zero attached hydrogens (tertiary/aromatic N) is 3. The minimum absolute atomic E-state index is 0.0772. The number of piperidine rings is 1. The molecule has 1 spiro atoms. The second kappa shape index (κ2) is 12.0. The first-order chi connectivity index (χ1) is 20.2. The largest absolute Gasteiger partial charge is 0.573 e. The predicted octanol–water partition coefficient (Wildman–Crippen LogP) is 7.76. The van der Waals surface area contributed by atoms with Crippen molar-refractivity contribution in [3.63, 3.8) is 0 Å². The lowest BCUT2D eigenvalue weighted by atomic mass is 9.45. The van der Waals surface area contributed by atoms with Gasteiger partial charge in [0.25, 0.3) is 0 Å². The van der Waals surface area contributed by atoms with Crippen molar-refractivity contribution < 1.29 is 27.8 Å². The summed E-state index contributed by atoms with van der Waals surface area (Å²) < 4.78 is 42.0. The molecular formula is C34H46F3N3O3. The van der Waals surface area contributed by atoms with Gasteiger partial charge in [-0.05, 0) is 70.8 Å². The van der Waals surface area contributed by atoms with E-state index in [9.17, 15) is 23.1 Å². The Bertz CT molecular complexity index is 1270. The molecule has 1 aliphatic carbocycles. The van der Waals surface area contributed by atoms with Crippen molar-refractivity contribution in [3.8, 4) is 5.75 Å². The molecule has 3 fully saturated rings. The topological polar surface area (TPSA) is 56.2 Å². The number of carboxylic acid groups (broad SMARTS) is 1. The molecule has 0 radical (unpaired) electrons. The van der Waals surface area contributed by atoms with Crippen LogP contribution in [0, 0.1) is 16.7 Å². The summed E-state index contributed by atoms with van der Waals surface area (Å²) in [4.78, 5) is 18.4. The van der Waals surface area contributed by atoms with Crippen molar-refractivity contribution >= 4 is 6.09 Å². The fourth-order valence-electron chi connectivity index (χ4n) is 8.44. The highest BCUT2D eigenvalue weighted by atomic mass is 19.4.